The second-order valence-corrected chi connectivity index (χ2v) is 12.1. The first-order chi connectivity index (χ1) is 15.9. The van der Waals surface area contributed by atoms with Crippen LogP contribution in [0.4, 0.5) is 5.69 Å². The van der Waals surface area contributed by atoms with Crippen LogP contribution in [0.2, 0.25) is 0 Å². The molecule has 3 aliphatic heterocycles. The van der Waals surface area contributed by atoms with Gasteiger partial charge in [-0.3, -0.25) is 0 Å². The van der Waals surface area contributed by atoms with Gasteiger partial charge in [0.05, 0.1) is 5.57 Å². The van der Waals surface area contributed by atoms with E-state index in [4.69, 9.17) is 10.1 Å². The average Bonchev–Trinajstić information content (AvgIpc) is 2.76. The zero-order valence-electron chi connectivity index (χ0n) is 21.7. The van der Waals surface area contributed by atoms with Crippen molar-refractivity contribution in [2.75, 3.05) is 18.0 Å². The van der Waals surface area contributed by atoms with Crippen LogP contribution in [0.1, 0.15) is 78.0 Å². The molecule has 1 aromatic carbocycles. The molecule has 178 valence electrons. The number of benzene rings is 1. The summed E-state index contributed by atoms with van der Waals surface area (Å²) in [6, 6.07) is 6.83. The maximum Gasteiger partial charge on any atom is 0.127 e. The summed E-state index contributed by atoms with van der Waals surface area (Å²) < 4.78 is 6.23. The molecule has 0 atom stereocenters. The normalized spacial score (nSPS) is 22.2. The first-order valence-corrected chi connectivity index (χ1v) is 12.2. The highest BCUT2D eigenvalue weighted by Gasteiger charge is 2.39. The Morgan fingerprint density at radius 3 is 2.12 bits per heavy atom. The van der Waals surface area contributed by atoms with Crippen LogP contribution in [0.5, 0.6) is 0 Å². The van der Waals surface area contributed by atoms with Crippen molar-refractivity contribution in [3.05, 3.63) is 69.7 Å². The third-order valence-electron chi connectivity index (χ3n) is 7.49. The van der Waals surface area contributed by atoms with E-state index in [0.29, 0.717) is 16.9 Å². The molecule has 0 fully saturated rings. The molecule has 0 bridgehead atoms. The maximum absolute atomic E-state index is 9.48. The Balaban J connectivity index is 1.78. The van der Waals surface area contributed by atoms with E-state index in [1.807, 2.05) is 18.2 Å². The van der Waals surface area contributed by atoms with Gasteiger partial charge in [-0.05, 0) is 70.7 Å². The number of nitriles is 1. The minimum absolute atomic E-state index is 0.141. The standard InChI is InChI=1S/C30H37N3O/c1-28(2,3)26-17-21(22(18-31)19-32)16-23(34-26)9-8-20-14-24-27-25(15-20)30(6,7)11-13-33(27)12-10-29(24,4)5/h8-9,14-18,31H,10-13H2,1-7H3/b9-8+,22-21-,31-18?. The first-order valence-electron chi connectivity index (χ1n) is 12.2. The summed E-state index contributed by atoms with van der Waals surface area (Å²) in [6.07, 6.45) is 11.3. The predicted molar refractivity (Wildman–Crippen MR) is 141 cm³/mol. The Morgan fingerprint density at radius 2 is 1.62 bits per heavy atom. The topological polar surface area (TPSA) is 60.1 Å². The number of allylic oxidation sites excluding steroid dienone is 6. The lowest BCUT2D eigenvalue weighted by Gasteiger charge is -2.48. The van der Waals surface area contributed by atoms with Crippen LogP contribution in [-0.2, 0) is 15.6 Å². The molecule has 0 saturated carbocycles. The average molecular weight is 456 g/mol. The molecule has 34 heavy (non-hydrogen) atoms. The first kappa shape index (κ1) is 24.1. The van der Waals surface area contributed by atoms with Crippen LogP contribution in [0.25, 0.3) is 6.08 Å². The summed E-state index contributed by atoms with van der Waals surface area (Å²) in [4.78, 5) is 2.58. The van der Waals surface area contributed by atoms with Gasteiger partial charge in [-0.2, -0.15) is 5.26 Å². The summed E-state index contributed by atoms with van der Waals surface area (Å²) >= 11 is 0. The number of nitrogens with zero attached hydrogens (tertiary/aromatic N) is 2. The molecule has 0 radical (unpaired) electrons. The van der Waals surface area contributed by atoms with Gasteiger partial charge in [0.1, 0.15) is 17.6 Å². The highest BCUT2D eigenvalue weighted by atomic mass is 16.5. The second kappa shape index (κ2) is 8.31. The summed E-state index contributed by atoms with van der Waals surface area (Å²) in [5.74, 6) is 1.47. The SMILES string of the molecule is CC(C)(C)C1=C/C(=C(\C#N)C=N)C=C(/C=C/c2cc3c4c(c2)C(C)(C)CCN4CCC3(C)C)O1. The molecule has 0 spiro atoms. The quantitative estimate of drug-likeness (QED) is 0.388. The highest BCUT2D eigenvalue weighted by Crippen LogP contribution is 2.49. The van der Waals surface area contributed by atoms with E-state index < -0.39 is 0 Å². The molecule has 4 heteroatoms. The largest absolute Gasteiger partial charge is 0.461 e. The zero-order valence-corrected chi connectivity index (χ0v) is 21.7. The summed E-state index contributed by atoms with van der Waals surface area (Å²) in [5, 5.41) is 17.1. The minimum Gasteiger partial charge on any atom is -0.461 e. The smallest absolute Gasteiger partial charge is 0.127 e. The van der Waals surface area contributed by atoms with Crippen molar-refractivity contribution in [3.63, 3.8) is 0 Å². The Hall–Kier alpha value is -3.06. The fourth-order valence-electron chi connectivity index (χ4n) is 5.05. The molecule has 1 N–H and O–H groups in total. The van der Waals surface area contributed by atoms with Gasteiger partial charge < -0.3 is 15.0 Å². The fourth-order valence-corrected chi connectivity index (χ4v) is 5.05. The van der Waals surface area contributed by atoms with Gasteiger partial charge in [-0.1, -0.05) is 54.5 Å². The second-order valence-electron chi connectivity index (χ2n) is 12.1. The number of hydrogen-bond donors (Lipinski definition) is 1. The molecule has 0 saturated heterocycles. The molecule has 3 heterocycles. The molecule has 1 aromatic rings. The molecule has 0 unspecified atom stereocenters. The van der Waals surface area contributed by atoms with E-state index in [-0.39, 0.29) is 16.2 Å². The van der Waals surface area contributed by atoms with Gasteiger partial charge in [0.25, 0.3) is 0 Å². The van der Waals surface area contributed by atoms with Crippen LogP contribution in [-0.4, -0.2) is 19.3 Å². The van der Waals surface area contributed by atoms with Crippen molar-refractivity contribution in [2.45, 2.75) is 72.1 Å². The lowest BCUT2D eigenvalue weighted by Crippen LogP contribution is -2.44. The maximum atomic E-state index is 9.48. The Morgan fingerprint density at radius 1 is 1.03 bits per heavy atom. The minimum atomic E-state index is -0.214. The van der Waals surface area contributed by atoms with Crippen molar-refractivity contribution >= 4 is 18.0 Å². The number of anilines is 1. The third-order valence-corrected chi connectivity index (χ3v) is 7.49. The predicted octanol–water partition coefficient (Wildman–Crippen LogP) is 7.18. The van der Waals surface area contributed by atoms with Crippen molar-refractivity contribution in [3.8, 4) is 6.07 Å². The van der Waals surface area contributed by atoms with Gasteiger partial charge in [0.15, 0.2) is 0 Å². The Bertz CT molecular complexity index is 1150. The molecule has 0 aromatic heterocycles. The molecular weight excluding hydrogens is 418 g/mol. The van der Waals surface area contributed by atoms with Crippen molar-refractivity contribution in [2.24, 2.45) is 5.41 Å². The number of hydrogen-bond acceptors (Lipinski definition) is 4. The van der Waals surface area contributed by atoms with Gasteiger partial charge in [0, 0.05) is 36.0 Å². The highest BCUT2D eigenvalue weighted by molar-refractivity contribution is 5.84. The molecular formula is C30H37N3O. The summed E-state index contributed by atoms with van der Waals surface area (Å²) in [5.41, 5.74) is 6.62. The molecule has 0 amide bonds. The molecule has 0 aliphatic carbocycles. The van der Waals surface area contributed by atoms with Crippen LogP contribution >= 0.6 is 0 Å². The summed E-state index contributed by atoms with van der Waals surface area (Å²) in [6.45, 7) is 18.0. The number of rotatable bonds is 3. The van der Waals surface area contributed by atoms with Crippen LogP contribution in [0.3, 0.4) is 0 Å². The van der Waals surface area contributed by atoms with E-state index in [0.717, 1.165) is 37.9 Å². The van der Waals surface area contributed by atoms with Crippen LogP contribution in [0, 0.1) is 22.2 Å². The van der Waals surface area contributed by atoms with Crippen LogP contribution in [0.15, 0.2) is 53.0 Å². The lowest BCUT2D eigenvalue weighted by atomic mass is 9.69. The molecule has 4 rings (SSSR count). The van der Waals surface area contributed by atoms with E-state index in [2.05, 4.69) is 77.6 Å². The number of ether oxygens (including phenoxy) is 1. The van der Waals surface area contributed by atoms with Gasteiger partial charge in [-0.25, -0.2) is 0 Å². The van der Waals surface area contributed by atoms with Crippen molar-refractivity contribution in [1.29, 1.82) is 10.7 Å². The third kappa shape index (κ3) is 4.37. The Labute approximate surface area is 204 Å². The van der Waals surface area contributed by atoms with Gasteiger partial charge in [-0.15, -0.1) is 0 Å². The summed E-state index contributed by atoms with van der Waals surface area (Å²) in [7, 11) is 0. The van der Waals surface area contributed by atoms with E-state index in [9.17, 15) is 5.26 Å². The van der Waals surface area contributed by atoms with E-state index >= 15 is 0 Å². The number of nitrogens with one attached hydrogen (secondary N) is 1. The Kier molecular flexibility index (Phi) is 5.88. The molecule has 4 nitrogen and oxygen atoms in total. The van der Waals surface area contributed by atoms with Gasteiger partial charge in [0.2, 0.25) is 0 Å². The van der Waals surface area contributed by atoms with E-state index in [1.54, 1.807) is 0 Å². The monoisotopic (exact) mass is 455 g/mol. The van der Waals surface area contributed by atoms with Gasteiger partial charge >= 0.3 is 0 Å². The zero-order chi connectivity index (χ0) is 24.9. The van der Waals surface area contributed by atoms with Crippen molar-refractivity contribution < 1.29 is 4.74 Å². The van der Waals surface area contributed by atoms with E-state index in [1.165, 1.54) is 22.4 Å². The fraction of sp³-hybridized carbons (Fsp3) is 0.467. The van der Waals surface area contributed by atoms with Crippen LogP contribution < -0.4 is 4.90 Å². The lowest BCUT2D eigenvalue weighted by molar-refractivity contribution is 0.223. The molecule has 3 aliphatic rings. The van der Waals surface area contributed by atoms with Crippen molar-refractivity contribution in [1.82, 2.24) is 0 Å².